The number of hydrogen-bond acceptors (Lipinski definition) is 2. The highest BCUT2D eigenvalue weighted by atomic mass is 15.3. The molecule has 0 saturated heterocycles. The van der Waals surface area contributed by atoms with Crippen LogP contribution in [0.2, 0.25) is 0 Å². The maximum absolute atomic E-state index is 2.71. The average molecular weight is 727 g/mol. The molecule has 0 N–H and O–H groups in total. The van der Waals surface area contributed by atoms with Crippen LogP contribution in [0, 0.1) is 20.8 Å². The van der Waals surface area contributed by atoms with Crippen molar-refractivity contribution in [1.82, 2.24) is 0 Å². The fraction of sp³-hybridized carbons (Fsp3) is 0.283. The molecule has 7 aromatic rings. The molecule has 0 unspecified atom stereocenters. The molecule has 3 heteroatoms. The van der Waals surface area contributed by atoms with E-state index in [4.69, 9.17) is 0 Å². The number of hydrogen-bond donors (Lipinski definition) is 0. The van der Waals surface area contributed by atoms with E-state index < -0.39 is 0 Å². The lowest BCUT2D eigenvalue weighted by atomic mass is 9.33. The Morgan fingerprint density at radius 1 is 0.464 bits per heavy atom. The monoisotopic (exact) mass is 726 g/mol. The summed E-state index contributed by atoms with van der Waals surface area (Å²) >= 11 is 0. The summed E-state index contributed by atoms with van der Waals surface area (Å²) < 4.78 is 0. The quantitative estimate of drug-likeness (QED) is 0.167. The van der Waals surface area contributed by atoms with E-state index in [1.54, 1.807) is 0 Å². The van der Waals surface area contributed by atoms with Gasteiger partial charge < -0.3 is 9.80 Å². The second kappa shape index (κ2) is 13.4. The van der Waals surface area contributed by atoms with Gasteiger partial charge in [-0.1, -0.05) is 146 Å². The van der Waals surface area contributed by atoms with E-state index in [1.807, 2.05) is 0 Å². The summed E-state index contributed by atoms with van der Waals surface area (Å²) in [6.07, 6.45) is 13.2. The van der Waals surface area contributed by atoms with Gasteiger partial charge in [0.15, 0.2) is 0 Å². The Labute approximate surface area is 333 Å². The third-order valence-corrected chi connectivity index (χ3v) is 14.0. The van der Waals surface area contributed by atoms with Crippen molar-refractivity contribution in [2.45, 2.75) is 96.8 Å². The van der Waals surface area contributed by atoms with Crippen LogP contribution < -0.4 is 26.2 Å². The molecule has 2 aliphatic heterocycles. The van der Waals surface area contributed by atoms with Gasteiger partial charge in [0.2, 0.25) is 6.71 Å². The predicted molar refractivity (Wildman–Crippen MR) is 241 cm³/mol. The summed E-state index contributed by atoms with van der Waals surface area (Å²) in [5, 5.41) is 5.21. The van der Waals surface area contributed by atoms with Crippen molar-refractivity contribution in [2.75, 3.05) is 9.80 Å². The lowest BCUT2D eigenvalue weighted by Gasteiger charge is -2.47. The van der Waals surface area contributed by atoms with E-state index in [2.05, 4.69) is 152 Å². The van der Waals surface area contributed by atoms with Crippen LogP contribution in [-0.2, 0) is 0 Å². The summed E-state index contributed by atoms with van der Waals surface area (Å²) in [6.45, 7) is 7.04. The predicted octanol–water partition coefficient (Wildman–Crippen LogP) is 13.1. The summed E-state index contributed by atoms with van der Waals surface area (Å²) in [6, 6.07) is 47.8. The molecule has 0 bridgehead atoms. The Balaban J connectivity index is 1.26. The van der Waals surface area contributed by atoms with Gasteiger partial charge in [0.05, 0.1) is 22.7 Å². The summed E-state index contributed by atoms with van der Waals surface area (Å²) in [7, 11) is 0. The Hall–Kier alpha value is -5.28. The summed E-state index contributed by atoms with van der Waals surface area (Å²) in [5.41, 5.74) is 19.2. The molecule has 0 atom stereocenters. The van der Waals surface area contributed by atoms with Crippen molar-refractivity contribution in [2.24, 2.45) is 0 Å². The first-order chi connectivity index (χ1) is 27.5. The number of aryl methyl sites for hydroxylation is 3. The lowest BCUT2D eigenvalue weighted by molar-refractivity contribution is 0.443. The van der Waals surface area contributed by atoms with E-state index in [9.17, 15) is 0 Å². The van der Waals surface area contributed by atoms with Gasteiger partial charge in [0, 0.05) is 11.4 Å². The normalized spacial score (nSPS) is 16.9. The van der Waals surface area contributed by atoms with Crippen LogP contribution in [0.15, 0.2) is 121 Å². The van der Waals surface area contributed by atoms with Crippen LogP contribution in [-0.4, -0.2) is 6.71 Å². The third-order valence-electron chi connectivity index (χ3n) is 14.0. The minimum absolute atomic E-state index is 0.0968. The van der Waals surface area contributed by atoms with Crippen molar-refractivity contribution in [1.29, 1.82) is 0 Å². The minimum atomic E-state index is 0.0968. The van der Waals surface area contributed by atoms with Crippen molar-refractivity contribution in [3.8, 4) is 0 Å². The smallest absolute Gasteiger partial charge is 0.248 e. The van der Waals surface area contributed by atoms with Crippen LogP contribution >= 0.6 is 0 Å². The zero-order valence-corrected chi connectivity index (χ0v) is 33.2. The van der Waals surface area contributed by atoms with Gasteiger partial charge >= 0.3 is 0 Å². The Kier molecular flexibility index (Phi) is 8.16. The topological polar surface area (TPSA) is 6.48 Å². The van der Waals surface area contributed by atoms with Crippen molar-refractivity contribution >= 4 is 78.8 Å². The Morgan fingerprint density at radius 3 is 1.73 bits per heavy atom. The van der Waals surface area contributed by atoms with Gasteiger partial charge in [0.1, 0.15) is 0 Å². The molecule has 4 aliphatic rings. The van der Waals surface area contributed by atoms with Gasteiger partial charge in [-0.3, -0.25) is 0 Å². The first kappa shape index (κ1) is 34.0. The molecule has 7 aromatic carbocycles. The highest BCUT2D eigenvalue weighted by Crippen LogP contribution is 2.57. The van der Waals surface area contributed by atoms with Crippen LogP contribution in [0.3, 0.4) is 0 Å². The van der Waals surface area contributed by atoms with Gasteiger partial charge in [0.25, 0.3) is 0 Å². The van der Waals surface area contributed by atoms with Gasteiger partial charge in [-0.2, -0.15) is 0 Å². The molecule has 11 rings (SSSR count). The summed E-state index contributed by atoms with van der Waals surface area (Å²) in [5.74, 6) is 1.25. The number of anilines is 6. The van der Waals surface area contributed by atoms with Gasteiger partial charge in [-0.25, -0.2) is 0 Å². The Bertz CT molecular complexity index is 2660. The molecule has 2 nitrogen and oxygen atoms in total. The zero-order chi connectivity index (χ0) is 37.5. The molecule has 2 fully saturated rings. The molecule has 2 saturated carbocycles. The zero-order valence-electron chi connectivity index (χ0n) is 33.2. The van der Waals surface area contributed by atoms with E-state index >= 15 is 0 Å². The summed E-state index contributed by atoms with van der Waals surface area (Å²) in [4.78, 5) is 5.34. The third kappa shape index (κ3) is 5.37. The van der Waals surface area contributed by atoms with E-state index in [0.29, 0.717) is 11.8 Å². The van der Waals surface area contributed by atoms with E-state index in [1.165, 1.54) is 164 Å². The fourth-order valence-corrected chi connectivity index (χ4v) is 11.5. The largest absolute Gasteiger partial charge is 0.307 e. The maximum Gasteiger partial charge on any atom is 0.248 e. The van der Waals surface area contributed by atoms with Crippen LogP contribution in [0.5, 0.6) is 0 Å². The number of fused-ring (bicyclic) bond motifs is 7. The fourth-order valence-electron chi connectivity index (χ4n) is 11.5. The van der Waals surface area contributed by atoms with Crippen molar-refractivity contribution in [3.05, 3.63) is 149 Å². The first-order valence-corrected chi connectivity index (χ1v) is 21.5. The van der Waals surface area contributed by atoms with Crippen LogP contribution in [0.1, 0.15) is 104 Å². The molecule has 0 amide bonds. The average Bonchev–Trinajstić information content (AvgIpc) is 3.23. The number of benzene rings is 7. The van der Waals surface area contributed by atoms with E-state index in [0.717, 1.165) is 0 Å². The molecular weight excluding hydrogens is 675 g/mol. The minimum Gasteiger partial charge on any atom is -0.307 e. The lowest BCUT2D eigenvalue weighted by Crippen LogP contribution is -2.59. The molecule has 276 valence electrons. The maximum atomic E-state index is 2.71. The first-order valence-electron chi connectivity index (χ1n) is 21.5. The van der Waals surface area contributed by atoms with Crippen LogP contribution in [0.25, 0.3) is 21.5 Å². The highest BCUT2D eigenvalue weighted by molar-refractivity contribution is 7.00. The molecule has 2 aliphatic carbocycles. The SMILES string of the molecule is Cc1cc(C)c(B2c3ccc(C4CCCCC4)cc3N3c4cc5ccccc5cc4N(c4cccc(C5CCCCC5)c4)c4cc5ccccc5c2c43)c(C)c1. The molecule has 2 heterocycles. The number of rotatable bonds is 4. The molecular formula is C53H51BN2. The second-order valence-electron chi connectivity index (χ2n) is 17.6. The molecule has 0 radical (unpaired) electrons. The van der Waals surface area contributed by atoms with Gasteiger partial charge in [-0.05, 0) is 138 Å². The van der Waals surface area contributed by atoms with Crippen molar-refractivity contribution < 1.29 is 0 Å². The Morgan fingerprint density at radius 2 is 1.05 bits per heavy atom. The molecule has 0 spiro atoms. The van der Waals surface area contributed by atoms with Crippen LogP contribution in [0.4, 0.5) is 34.1 Å². The van der Waals surface area contributed by atoms with Crippen molar-refractivity contribution in [3.63, 3.8) is 0 Å². The van der Waals surface area contributed by atoms with Gasteiger partial charge in [-0.15, -0.1) is 0 Å². The van der Waals surface area contributed by atoms with E-state index in [-0.39, 0.29) is 6.71 Å². The second-order valence-corrected chi connectivity index (χ2v) is 17.6. The standard InChI is InChI=1S/C53H51BN2/c1-34-27-35(2)51(36(3)28-34)54-46-26-25-42(38-17-8-5-9-18-38)30-47(46)56-49-32-41-20-11-10-19-40(41)31-48(49)55(44-23-14-22-39(29-44)37-15-6-4-7-16-37)50-33-43-21-12-13-24-45(43)52(54)53(50)56/h10-14,19-33,37-38H,4-9,15-18H2,1-3H3. The highest BCUT2D eigenvalue weighted by Gasteiger charge is 2.44. The molecule has 0 aromatic heterocycles. The molecule has 56 heavy (non-hydrogen) atoms. The number of nitrogens with zero attached hydrogens (tertiary/aromatic N) is 2.